The number of nitrogens with zero attached hydrogens (tertiary/aromatic N) is 3. The van der Waals surface area contributed by atoms with Crippen LogP contribution in [0.5, 0.6) is 17.2 Å². The Labute approximate surface area is 240 Å². The van der Waals surface area contributed by atoms with Crippen LogP contribution >= 0.6 is 0 Å². The van der Waals surface area contributed by atoms with Gasteiger partial charge in [-0.2, -0.15) is 0 Å². The summed E-state index contributed by atoms with van der Waals surface area (Å²) in [6, 6.07) is 8.69. The quantitative estimate of drug-likeness (QED) is 0.418. The summed E-state index contributed by atoms with van der Waals surface area (Å²) in [7, 11) is 1.42. The summed E-state index contributed by atoms with van der Waals surface area (Å²) < 4.78 is 30.1. The molecule has 1 aromatic heterocycles. The number of fused-ring (bicyclic) bond motifs is 13. The Morgan fingerprint density at radius 2 is 1.90 bits per heavy atom. The Bertz CT molecular complexity index is 1460. The van der Waals surface area contributed by atoms with Gasteiger partial charge in [-0.05, 0) is 60.8 Å². The van der Waals surface area contributed by atoms with E-state index in [0.717, 1.165) is 0 Å². The predicted molar refractivity (Wildman–Crippen MR) is 145 cm³/mol. The van der Waals surface area contributed by atoms with E-state index in [0.29, 0.717) is 29.7 Å². The molecule has 13 nitrogen and oxygen atoms in total. The van der Waals surface area contributed by atoms with Crippen LogP contribution in [0.4, 0.5) is 4.39 Å². The van der Waals surface area contributed by atoms with Crippen molar-refractivity contribution in [2.24, 2.45) is 0 Å². The first-order valence-electron chi connectivity index (χ1n) is 13.3. The van der Waals surface area contributed by atoms with Crippen molar-refractivity contribution in [3.63, 3.8) is 0 Å². The standard InChI is InChI=1S/C28H31FN6O7/c1-17-26(34-42-33-17)28(39)32-16-25(37)35-9-3-5-24(36)31-15-18-11-20(29)14-21(12-18)41-22-7-6-19(13-23(22)40-2)27(38)30-8-4-10-35/h6-7,11-14H,3-5,8-10,15-16H2,1-2H3,(H,30,38)(H,31,36)(H,32,39). The van der Waals surface area contributed by atoms with Gasteiger partial charge >= 0.3 is 0 Å². The summed E-state index contributed by atoms with van der Waals surface area (Å²) in [6.07, 6.45) is 0.869. The van der Waals surface area contributed by atoms with E-state index < -0.39 is 11.7 Å². The van der Waals surface area contributed by atoms with Gasteiger partial charge in [-0.25, -0.2) is 9.02 Å². The number of carbonyl (C=O) groups excluding carboxylic acids is 4. The molecule has 0 unspecified atom stereocenters. The third kappa shape index (κ3) is 8.02. The second-order valence-corrected chi connectivity index (χ2v) is 9.51. The van der Waals surface area contributed by atoms with Crippen molar-refractivity contribution >= 4 is 23.6 Å². The number of carbonyl (C=O) groups is 4. The van der Waals surface area contributed by atoms with Gasteiger partial charge in [0.05, 0.1) is 13.7 Å². The molecule has 0 saturated heterocycles. The number of halogens is 1. The van der Waals surface area contributed by atoms with Gasteiger partial charge in [-0.3, -0.25) is 19.2 Å². The maximum absolute atomic E-state index is 14.3. The summed E-state index contributed by atoms with van der Waals surface area (Å²) in [5.74, 6) is -1.43. The number of benzene rings is 2. The molecule has 0 fully saturated rings. The Hall–Kier alpha value is -5.01. The minimum Gasteiger partial charge on any atom is -0.493 e. The first kappa shape index (κ1) is 30.0. The zero-order valence-electron chi connectivity index (χ0n) is 23.2. The van der Waals surface area contributed by atoms with Crippen molar-refractivity contribution in [1.82, 2.24) is 31.2 Å². The molecule has 222 valence electrons. The largest absolute Gasteiger partial charge is 0.493 e. The first-order valence-corrected chi connectivity index (χ1v) is 13.3. The lowest BCUT2D eigenvalue weighted by Crippen LogP contribution is -2.42. The Balaban J connectivity index is 1.48. The fourth-order valence-electron chi connectivity index (χ4n) is 4.25. The molecule has 42 heavy (non-hydrogen) atoms. The van der Waals surface area contributed by atoms with E-state index in [2.05, 4.69) is 30.9 Å². The van der Waals surface area contributed by atoms with E-state index in [4.69, 9.17) is 9.47 Å². The average molecular weight is 583 g/mol. The van der Waals surface area contributed by atoms with E-state index in [-0.39, 0.29) is 79.8 Å². The van der Waals surface area contributed by atoms with Gasteiger partial charge in [-0.1, -0.05) is 5.16 Å². The van der Waals surface area contributed by atoms with Crippen molar-refractivity contribution in [1.29, 1.82) is 0 Å². The van der Waals surface area contributed by atoms with Crippen molar-refractivity contribution in [3.8, 4) is 17.2 Å². The molecule has 0 spiro atoms. The number of aromatic nitrogens is 2. The summed E-state index contributed by atoms with van der Waals surface area (Å²) in [5.41, 5.74) is 1.08. The number of hydrogen-bond donors (Lipinski definition) is 3. The van der Waals surface area contributed by atoms with E-state index >= 15 is 0 Å². The van der Waals surface area contributed by atoms with Crippen LogP contribution in [-0.4, -0.2) is 72.1 Å². The minimum absolute atomic E-state index is 0.0185. The number of methoxy groups -OCH3 is 1. The lowest BCUT2D eigenvalue weighted by Gasteiger charge is -2.23. The molecule has 4 bridgehead atoms. The predicted octanol–water partition coefficient (Wildman–Crippen LogP) is 2.11. The normalized spacial score (nSPS) is 14.8. The van der Waals surface area contributed by atoms with Gasteiger partial charge in [0.25, 0.3) is 11.8 Å². The molecular formula is C28H31FN6O7. The molecule has 0 saturated carbocycles. The second-order valence-electron chi connectivity index (χ2n) is 9.51. The fraction of sp³-hybridized carbons (Fsp3) is 0.357. The molecule has 3 aromatic rings. The van der Waals surface area contributed by atoms with Crippen LogP contribution in [-0.2, 0) is 16.1 Å². The van der Waals surface area contributed by atoms with E-state index in [1.165, 1.54) is 30.2 Å². The van der Waals surface area contributed by atoms with Crippen molar-refractivity contribution in [2.75, 3.05) is 33.3 Å². The van der Waals surface area contributed by atoms with Gasteiger partial charge in [0.2, 0.25) is 11.8 Å². The highest BCUT2D eigenvalue weighted by Crippen LogP contribution is 2.33. The van der Waals surface area contributed by atoms with Crippen LogP contribution in [0, 0.1) is 12.7 Å². The second kappa shape index (κ2) is 14.1. The molecular weight excluding hydrogens is 551 g/mol. The molecule has 3 heterocycles. The monoisotopic (exact) mass is 582 g/mol. The third-order valence-electron chi connectivity index (χ3n) is 6.42. The molecule has 0 aliphatic carbocycles. The van der Waals surface area contributed by atoms with Crippen LogP contribution in [0.25, 0.3) is 0 Å². The average Bonchev–Trinajstić information content (AvgIpc) is 3.41. The fourth-order valence-corrected chi connectivity index (χ4v) is 4.25. The van der Waals surface area contributed by atoms with Crippen molar-refractivity contribution in [3.05, 3.63) is 64.7 Å². The summed E-state index contributed by atoms with van der Waals surface area (Å²) in [4.78, 5) is 52.1. The van der Waals surface area contributed by atoms with Crippen LogP contribution < -0.4 is 25.4 Å². The summed E-state index contributed by atoms with van der Waals surface area (Å²) >= 11 is 0. The zero-order chi connectivity index (χ0) is 30.1. The zero-order valence-corrected chi connectivity index (χ0v) is 23.2. The van der Waals surface area contributed by atoms with E-state index in [1.807, 2.05) is 0 Å². The number of hydrogen-bond acceptors (Lipinski definition) is 9. The number of aryl methyl sites for hydroxylation is 1. The number of amides is 4. The Morgan fingerprint density at radius 3 is 2.67 bits per heavy atom. The lowest BCUT2D eigenvalue weighted by atomic mass is 10.1. The highest BCUT2D eigenvalue weighted by Gasteiger charge is 2.20. The smallest absolute Gasteiger partial charge is 0.275 e. The Kier molecular flexibility index (Phi) is 10.0. The summed E-state index contributed by atoms with van der Waals surface area (Å²) in [5, 5.41) is 15.1. The number of ether oxygens (including phenoxy) is 2. The van der Waals surface area contributed by atoms with Crippen molar-refractivity contribution < 1.29 is 37.7 Å². The Morgan fingerprint density at radius 1 is 1.10 bits per heavy atom. The molecule has 14 heteroatoms. The van der Waals surface area contributed by atoms with Gasteiger partial charge in [0.15, 0.2) is 17.2 Å². The molecule has 2 aliphatic heterocycles. The van der Waals surface area contributed by atoms with Crippen molar-refractivity contribution in [2.45, 2.75) is 32.7 Å². The molecule has 4 amide bonds. The third-order valence-corrected chi connectivity index (χ3v) is 6.42. The molecule has 0 atom stereocenters. The molecule has 2 aromatic carbocycles. The highest BCUT2D eigenvalue weighted by molar-refractivity contribution is 5.96. The SMILES string of the molecule is COc1cc2ccc1Oc1cc(F)cc(c1)CNC(=O)CCCN(C(=O)CNC(=O)c1nonc1C)CCCNC2=O. The molecule has 3 N–H and O–H groups in total. The van der Waals surface area contributed by atoms with Crippen LogP contribution in [0.1, 0.15) is 51.4 Å². The number of rotatable bonds is 4. The summed E-state index contributed by atoms with van der Waals surface area (Å²) in [6.45, 7) is 2.07. The maximum Gasteiger partial charge on any atom is 0.275 e. The minimum atomic E-state index is -0.603. The van der Waals surface area contributed by atoms with Gasteiger partial charge in [0.1, 0.15) is 17.3 Å². The molecule has 0 radical (unpaired) electrons. The molecule has 2 aliphatic rings. The maximum atomic E-state index is 14.3. The van der Waals surface area contributed by atoms with Crippen LogP contribution in [0.3, 0.4) is 0 Å². The first-order chi connectivity index (χ1) is 20.2. The van der Waals surface area contributed by atoms with Gasteiger partial charge in [0, 0.05) is 44.2 Å². The van der Waals surface area contributed by atoms with Gasteiger partial charge in [-0.15, -0.1) is 0 Å². The highest BCUT2D eigenvalue weighted by atomic mass is 19.1. The number of nitrogens with one attached hydrogen (secondary N) is 3. The van der Waals surface area contributed by atoms with Gasteiger partial charge < -0.3 is 30.3 Å². The van der Waals surface area contributed by atoms with Crippen LogP contribution in [0.2, 0.25) is 0 Å². The van der Waals surface area contributed by atoms with E-state index in [1.54, 1.807) is 25.1 Å². The van der Waals surface area contributed by atoms with Crippen LogP contribution in [0.15, 0.2) is 41.0 Å². The molecule has 5 rings (SSSR count). The lowest BCUT2D eigenvalue weighted by molar-refractivity contribution is -0.130. The van der Waals surface area contributed by atoms with E-state index in [9.17, 15) is 23.6 Å². The topological polar surface area (TPSA) is 165 Å².